The molecule has 0 radical (unpaired) electrons. The van der Waals surface area contributed by atoms with Crippen molar-refractivity contribution in [2.24, 2.45) is 0 Å². The molecule has 1 heterocycles. The number of aryl methyl sites for hydroxylation is 1. The molecule has 0 amide bonds. The molecule has 0 saturated heterocycles. The molecule has 0 aliphatic carbocycles. The van der Waals surface area contributed by atoms with Crippen molar-refractivity contribution in [2.45, 2.75) is 33.2 Å². The Balaban J connectivity index is 2.78. The van der Waals surface area contributed by atoms with Gasteiger partial charge in [-0.25, -0.2) is 9.67 Å². The van der Waals surface area contributed by atoms with Crippen LogP contribution in [0, 0.1) is 6.92 Å². The Bertz CT molecular complexity index is 268. The molecule has 74 valence electrons. The fraction of sp³-hybridized carbons (Fsp3) is 0.778. The van der Waals surface area contributed by atoms with Crippen LogP contribution in [0.4, 0.5) is 0 Å². The minimum atomic E-state index is 0.415. The molecule has 0 aromatic carbocycles. The summed E-state index contributed by atoms with van der Waals surface area (Å²) in [5, 5.41) is 4.29. The highest BCUT2D eigenvalue weighted by Gasteiger charge is 2.09. The van der Waals surface area contributed by atoms with E-state index in [1.165, 1.54) is 0 Å². The van der Waals surface area contributed by atoms with Gasteiger partial charge in [-0.05, 0) is 6.92 Å². The van der Waals surface area contributed by atoms with Crippen molar-refractivity contribution in [3.63, 3.8) is 0 Å². The second kappa shape index (κ2) is 4.37. The van der Waals surface area contributed by atoms with Gasteiger partial charge < -0.3 is 4.74 Å². The van der Waals surface area contributed by atoms with Gasteiger partial charge in [-0.15, -0.1) is 0 Å². The number of ether oxygens (including phenoxy) is 1. The molecule has 0 aliphatic rings. The van der Waals surface area contributed by atoms with Gasteiger partial charge >= 0.3 is 0 Å². The maximum atomic E-state index is 5.00. The highest BCUT2D eigenvalue weighted by Crippen LogP contribution is 2.11. The van der Waals surface area contributed by atoms with Crippen LogP contribution >= 0.6 is 0 Å². The third-order valence-corrected chi connectivity index (χ3v) is 1.83. The Labute approximate surface area is 78.9 Å². The fourth-order valence-corrected chi connectivity index (χ4v) is 1.24. The maximum absolute atomic E-state index is 5.00. The van der Waals surface area contributed by atoms with E-state index in [2.05, 4.69) is 23.9 Å². The van der Waals surface area contributed by atoms with Gasteiger partial charge in [0.25, 0.3) is 0 Å². The first-order valence-electron chi connectivity index (χ1n) is 4.55. The predicted molar refractivity (Wildman–Crippen MR) is 50.7 cm³/mol. The zero-order valence-electron chi connectivity index (χ0n) is 8.74. The van der Waals surface area contributed by atoms with E-state index in [1.807, 2.05) is 11.6 Å². The molecule has 1 aromatic heterocycles. The van der Waals surface area contributed by atoms with Gasteiger partial charge in [0.2, 0.25) is 0 Å². The SMILES string of the molecule is COCCn1nc(C)nc1C(C)C. The van der Waals surface area contributed by atoms with Gasteiger partial charge in [-0.1, -0.05) is 13.8 Å². The van der Waals surface area contributed by atoms with Crippen LogP contribution in [0.15, 0.2) is 0 Å². The highest BCUT2D eigenvalue weighted by molar-refractivity contribution is 4.96. The molecule has 1 aromatic rings. The standard InChI is InChI=1S/C9H17N3O/c1-7(2)9-10-8(3)11-12(9)5-6-13-4/h7H,5-6H2,1-4H3. The van der Waals surface area contributed by atoms with E-state index in [-0.39, 0.29) is 0 Å². The number of rotatable bonds is 4. The van der Waals surface area contributed by atoms with Crippen LogP contribution in [0.5, 0.6) is 0 Å². The first-order chi connectivity index (χ1) is 6.15. The van der Waals surface area contributed by atoms with Crippen LogP contribution in [-0.2, 0) is 11.3 Å². The molecule has 0 N–H and O–H groups in total. The Morgan fingerprint density at radius 3 is 2.69 bits per heavy atom. The number of hydrogen-bond donors (Lipinski definition) is 0. The Kier molecular flexibility index (Phi) is 3.42. The van der Waals surface area contributed by atoms with Crippen molar-refractivity contribution in [3.8, 4) is 0 Å². The van der Waals surface area contributed by atoms with Crippen LogP contribution in [-0.4, -0.2) is 28.5 Å². The summed E-state index contributed by atoms with van der Waals surface area (Å²) in [7, 11) is 1.69. The topological polar surface area (TPSA) is 39.9 Å². The van der Waals surface area contributed by atoms with E-state index in [9.17, 15) is 0 Å². The normalized spacial score (nSPS) is 11.2. The van der Waals surface area contributed by atoms with Crippen molar-refractivity contribution < 1.29 is 4.74 Å². The quantitative estimate of drug-likeness (QED) is 0.707. The van der Waals surface area contributed by atoms with Crippen LogP contribution in [0.2, 0.25) is 0 Å². The summed E-state index contributed by atoms with van der Waals surface area (Å²) in [5.41, 5.74) is 0. The predicted octanol–water partition coefficient (Wildman–Crippen LogP) is 1.36. The van der Waals surface area contributed by atoms with Crippen molar-refractivity contribution >= 4 is 0 Å². The van der Waals surface area contributed by atoms with Gasteiger partial charge in [-0.3, -0.25) is 0 Å². The number of nitrogens with zero attached hydrogens (tertiary/aromatic N) is 3. The highest BCUT2D eigenvalue weighted by atomic mass is 16.5. The van der Waals surface area contributed by atoms with E-state index in [1.54, 1.807) is 7.11 Å². The summed E-state index contributed by atoms with van der Waals surface area (Å²) in [6.45, 7) is 7.61. The van der Waals surface area contributed by atoms with Gasteiger partial charge in [0.05, 0.1) is 13.2 Å². The van der Waals surface area contributed by atoms with E-state index in [0.717, 1.165) is 18.2 Å². The summed E-state index contributed by atoms with van der Waals surface area (Å²) < 4.78 is 6.92. The van der Waals surface area contributed by atoms with E-state index < -0.39 is 0 Å². The van der Waals surface area contributed by atoms with E-state index >= 15 is 0 Å². The van der Waals surface area contributed by atoms with Crippen LogP contribution in [0.3, 0.4) is 0 Å². The van der Waals surface area contributed by atoms with Gasteiger partial charge in [-0.2, -0.15) is 5.10 Å². The minimum Gasteiger partial charge on any atom is -0.383 e. The second-order valence-corrected chi connectivity index (χ2v) is 3.39. The Hall–Kier alpha value is -0.900. The van der Waals surface area contributed by atoms with Crippen molar-refractivity contribution in [2.75, 3.05) is 13.7 Å². The molecule has 0 spiro atoms. The first-order valence-corrected chi connectivity index (χ1v) is 4.55. The third-order valence-electron chi connectivity index (χ3n) is 1.83. The third kappa shape index (κ3) is 2.52. The fourth-order valence-electron chi connectivity index (χ4n) is 1.24. The number of hydrogen-bond acceptors (Lipinski definition) is 3. The molecule has 0 aliphatic heterocycles. The van der Waals surface area contributed by atoms with Crippen LogP contribution < -0.4 is 0 Å². The summed E-state index contributed by atoms with van der Waals surface area (Å²) in [6, 6.07) is 0. The average molecular weight is 183 g/mol. The molecule has 4 nitrogen and oxygen atoms in total. The lowest BCUT2D eigenvalue weighted by molar-refractivity contribution is 0.182. The summed E-state index contributed by atoms with van der Waals surface area (Å²) >= 11 is 0. The first kappa shape index (κ1) is 10.2. The van der Waals surface area contributed by atoms with Crippen molar-refractivity contribution in [3.05, 3.63) is 11.6 Å². The van der Waals surface area contributed by atoms with Crippen LogP contribution in [0.25, 0.3) is 0 Å². The molecule has 4 heteroatoms. The molecule has 0 saturated carbocycles. The Morgan fingerprint density at radius 1 is 1.46 bits per heavy atom. The van der Waals surface area contributed by atoms with Gasteiger partial charge in [0, 0.05) is 13.0 Å². The molecule has 1 rings (SSSR count). The monoisotopic (exact) mass is 183 g/mol. The molecule has 0 atom stereocenters. The lowest BCUT2D eigenvalue weighted by atomic mass is 10.2. The number of aromatic nitrogens is 3. The lowest BCUT2D eigenvalue weighted by Gasteiger charge is -2.06. The van der Waals surface area contributed by atoms with E-state index in [0.29, 0.717) is 12.5 Å². The molecular weight excluding hydrogens is 166 g/mol. The smallest absolute Gasteiger partial charge is 0.147 e. The molecule has 0 unspecified atom stereocenters. The van der Waals surface area contributed by atoms with Crippen molar-refractivity contribution in [1.82, 2.24) is 14.8 Å². The molecular formula is C9H17N3O. The molecule has 0 fully saturated rings. The second-order valence-electron chi connectivity index (χ2n) is 3.39. The number of methoxy groups -OCH3 is 1. The molecule has 13 heavy (non-hydrogen) atoms. The maximum Gasteiger partial charge on any atom is 0.147 e. The molecule has 0 bridgehead atoms. The summed E-state index contributed by atoms with van der Waals surface area (Å²) in [5.74, 6) is 2.28. The average Bonchev–Trinajstić information content (AvgIpc) is 2.43. The lowest BCUT2D eigenvalue weighted by Crippen LogP contribution is -2.10. The summed E-state index contributed by atoms with van der Waals surface area (Å²) in [4.78, 5) is 4.36. The van der Waals surface area contributed by atoms with Gasteiger partial charge in [0.1, 0.15) is 11.6 Å². The van der Waals surface area contributed by atoms with Gasteiger partial charge in [0.15, 0.2) is 0 Å². The summed E-state index contributed by atoms with van der Waals surface area (Å²) in [6.07, 6.45) is 0. The largest absolute Gasteiger partial charge is 0.383 e. The van der Waals surface area contributed by atoms with Crippen LogP contribution in [0.1, 0.15) is 31.4 Å². The zero-order valence-corrected chi connectivity index (χ0v) is 8.74. The zero-order chi connectivity index (χ0) is 9.84. The minimum absolute atomic E-state index is 0.415. The van der Waals surface area contributed by atoms with Crippen molar-refractivity contribution in [1.29, 1.82) is 0 Å². The van der Waals surface area contributed by atoms with E-state index in [4.69, 9.17) is 4.74 Å². The Morgan fingerprint density at radius 2 is 2.15 bits per heavy atom.